The van der Waals surface area contributed by atoms with E-state index in [1.165, 1.54) is 12.3 Å². The molecule has 3 aromatic heterocycles. The van der Waals surface area contributed by atoms with E-state index < -0.39 is 6.43 Å². The smallest absolute Gasteiger partial charge is 0.280 e. The van der Waals surface area contributed by atoms with Crippen LogP contribution in [0.15, 0.2) is 67.3 Å². The van der Waals surface area contributed by atoms with E-state index in [0.29, 0.717) is 17.2 Å². The molecule has 0 aliphatic heterocycles. The van der Waals surface area contributed by atoms with Gasteiger partial charge in [0.1, 0.15) is 11.5 Å². The van der Waals surface area contributed by atoms with Crippen LogP contribution in [0.1, 0.15) is 17.7 Å². The summed E-state index contributed by atoms with van der Waals surface area (Å²) in [6.07, 6.45) is 3.86. The molecule has 5 nitrogen and oxygen atoms in total. The van der Waals surface area contributed by atoms with Gasteiger partial charge >= 0.3 is 0 Å². The summed E-state index contributed by atoms with van der Waals surface area (Å²) in [5, 5.41) is 0. The van der Waals surface area contributed by atoms with Crippen molar-refractivity contribution in [3.63, 3.8) is 0 Å². The van der Waals surface area contributed by atoms with Gasteiger partial charge in [-0.3, -0.25) is 9.97 Å². The van der Waals surface area contributed by atoms with Crippen LogP contribution in [0.4, 0.5) is 14.6 Å². The Morgan fingerprint density at radius 3 is 2.34 bits per heavy atom. The molecule has 0 amide bonds. The summed E-state index contributed by atoms with van der Waals surface area (Å²) in [5.74, 6) is 0.410. The molecule has 144 valence electrons. The number of rotatable bonds is 4. The molecule has 0 saturated carbocycles. The van der Waals surface area contributed by atoms with Crippen molar-refractivity contribution in [3.05, 3.63) is 78.5 Å². The van der Waals surface area contributed by atoms with Crippen molar-refractivity contribution in [3.8, 4) is 33.6 Å². The number of aromatic nitrogens is 4. The Balaban J connectivity index is 1.74. The number of hydrogen-bond donors (Lipinski definition) is 1. The first-order chi connectivity index (χ1) is 14.0. The van der Waals surface area contributed by atoms with Crippen LogP contribution < -0.4 is 5.73 Å². The highest BCUT2D eigenvalue weighted by molar-refractivity contribution is 5.74. The third-order valence-electron chi connectivity index (χ3n) is 4.57. The maximum Gasteiger partial charge on any atom is 0.280 e. The van der Waals surface area contributed by atoms with Gasteiger partial charge in [0.25, 0.3) is 6.43 Å². The molecule has 0 unspecified atom stereocenters. The Morgan fingerprint density at radius 1 is 0.828 bits per heavy atom. The second-order valence-corrected chi connectivity index (χ2v) is 6.56. The lowest BCUT2D eigenvalue weighted by Crippen LogP contribution is -1.95. The van der Waals surface area contributed by atoms with E-state index in [0.717, 1.165) is 27.8 Å². The van der Waals surface area contributed by atoms with Gasteiger partial charge in [-0.1, -0.05) is 18.2 Å². The molecule has 1 aromatic carbocycles. The monoisotopic (exact) mass is 389 g/mol. The lowest BCUT2D eigenvalue weighted by Gasteiger charge is -2.10. The second kappa shape index (κ2) is 7.71. The molecule has 0 atom stereocenters. The molecule has 0 aliphatic rings. The molecule has 0 fully saturated rings. The lowest BCUT2D eigenvalue weighted by molar-refractivity contribution is 0.146. The van der Waals surface area contributed by atoms with Gasteiger partial charge in [0, 0.05) is 29.1 Å². The van der Waals surface area contributed by atoms with E-state index in [1.807, 2.05) is 31.2 Å². The van der Waals surface area contributed by atoms with Gasteiger partial charge in [-0.2, -0.15) is 0 Å². The molecule has 2 N–H and O–H groups in total. The van der Waals surface area contributed by atoms with Crippen LogP contribution in [-0.4, -0.2) is 19.9 Å². The molecule has 29 heavy (non-hydrogen) atoms. The van der Waals surface area contributed by atoms with Crippen LogP contribution in [0.5, 0.6) is 0 Å². The molecule has 0 saturated heterocycles. The third kappa shape index (κ3) is 3.94. The topological polar surface area (TPSA) is 77.6 Å². The molecule has 7 heteroatoms. The van der Waals surface area contributed by atoms with E-state index >= 15 is 0 Å². The summed E-state index contributed by atoms with van der Waals surface area (Å²) >= 11 is 0. The Morgan fingerprint density at radius 2 is 1.62 bits per heavy atom. The summed E-state index contributed by atoms with van der Waals surface area (Å²) in [5.41, 5.74) is 11.3. The first-order valence-corrected chi connectivity index (χ1v) is 8.91. The van der Waals surface area contributed by atoms with E-state index in [1.54, 1.807) is 30.7 Å². The Labute approximate surface area is 166 Å². The van der Waals surface area contributed by atoms with E-state index in [2.05, 4.69) is 15.0 Å². The van der Waals surface area contributed by atoms with Crippen molar-refractivity contribution in [2.75, 3.05) is 5.73 Å². The van der Waals surface area contributed by atoms with E-state index in [-0.39, 0.29) is 5.69 Å². The predicted molar refractivity (Wildman–Crippen MR) is 108 cm³/mol. The molecule has 0 spiro atoms. The number of alkyl halides is 2. The highest BCUT2D eigenvalue weighted by Gasteiger charge is 2.11. The van der Waals surface area contributed by atoms with Crippen LogP contribution in [0, 0.1) is 6.92 Å². The van der Waals surface area contributed by atoms with Gasteiger partial charge < -0.3 is 5.73 Å². The van der Waals surface area contributed by atoms with Gasteiger partial charge in [-0.05, 0) is 42.3 Å². The zero-order valence-electron chi connectivity index (χ0n) is 15.6. The second-order valence-electron chi connectivity index (χ2n) is 6.56. The minimum Gasteiger partial charge on any atom is -0.384 e. The number of nitrogen functional groups attached to an aromatic ring is 1. The van der Waals surface area contributed by atoms with Crippen molar-refractivity contribution in [2.45, 2.75) is 13.3 Å². The number of benzene rings is 1. The fourth-order valence-electron chi connectivity index (χ4n) is 3.03. The molecular weight excluding hydrogens is 372 g/mol. The van der Waals surface area contributed by atoms with Crippen molar-refractivity contribution < 1.29 is 8.78 Å². The Bertz CT molecular complexity index is 1160. The fourth-order valence-corrected chi connectivity index (χ4v) is 3.03. The zero-order chi connectivity index (χ0) is 20.4. The first kappa shape index (κ1) is 18.6. The summed E-state index contributed by atoms with van der Waals surface area (Å²) in [7, 11) is 0. The van der Waals surface area contributed by atoms with Crippen molar-refractivity contribution in [2.24, 2.45) is 0 Å². The molecular formula is C22H17F2N5. The number of pyridine rings is 2. The minimum absolute atomic E-state index is 0.240. The van der Waals surface area contributed by atoms with Gasteiger partial charge in [-0.15, -0.1) is 0 Å². The SMILES string of the molecule is Cc1ccc(-c2ccc(C(F)F)nc2)cc1-c1cncc(-c2ccnc(N)c2)n1. The van der Waals surface area contributed by atoms with E-state index in [4.69, 9.17) is 10.7 Å². The molecule has 0 radical (unpaired) electrons. The average Bonchev–Trinajstić information content (AvgIpc) is 2.74. The number of nitrogens with two attached hydrogens (primary N) is 1. The molecule has 4 rings (SSSR count). The summed E-state index contributed by atoms with van der Waals surface area (Å²) in [4.78, 5) is 16.9. The van der Waals surface area contributed by atoms with Crippen LogP contribution in [0.3, 0.4) is 0 Å². The lowest BCUT2D eigenvalue weighted by atomic mass is 9.98. The van der Waals surface area contributed by atoms with Crippen LogP contribution >= 0.6 is 0 Å². The predicted octanol–water partition coefficient (Wildman–Crippen LogP) is 5.10. The normalized spacial score (nSPS) is 11.0. The van der Waals surface area contributed by atoms with Gasteiger partial charge in [0.15, 0.2) is 0 Å². The van der Waals surface area contributed by atoms with E-state index in [9.17, 15) is 8.78 Å². The largest absolute Gasteiger partial charge is 0.384 e. The number of anilines is 1. The fraction of sp³-hybridized carbons (Fsp3) is 0.0909. The minimum atomic E-state index is -2.59. The highest BCUT2D eigenvalue weighted by Crippen LogP contribution is 2.30. The highest BCUT2D eigenvalue weighted by atomic mass is 19.3. The molecule has 0 aliphatic carbocycles. The van der Waals surface area contributed by atoms with Crippen molar-refractivity contribution in [1.29, 1.82) is 0 Å². The van der Waals surface area contributed by atoms with Crippen LogP contribution in [-0.2, 0) is 0 Å². The number of hydrogen-bond acceptors (Lipinski definition) is 5. The Kier molecular flexibility index (Phi) is 4.95. The average molecular weight is 389 g/mol. The summed E-state index contributed by atoms with van der Waals surface area (Å²) < 4.78 is 25.5. The van der Waals surface area contributed by atoms with Gasteiger partial charge in [-0.25, -0.2) is 18.7 Å². The van der Waals surface area contributed by atoms with Crippen LogP contribution in [0.2, 0.25) is 0 Å². The number of aryl methyl sites for hydroxylation is 1. The maximum absolute atomic E-state index is 12.8. The Hall–Kier alpha value is -3.74. The van der Waals surface area contributed by atoms with Crippen molar-refractivity contribution >= 4 is 5.82 Å². The number of nitrogens with zero attached hydrogens (tertiary/aromatic N) is 4. The summed E-state index contributed by atoms with van der Waals surface area (Å²) in [6, 6.07) is 12.4. The molecule has 0 bridgehead atoms. The third-order valence-corrected chi connectivity index (χ3v) is 4.57. The van der Waals surface area contributed by atoms with Gasteiger partial charge in [0.05, 0.1) is 23.8 Å². The molecule has 3 heterocycles. The standard InChI is InChI=1S/C22H17F2N5/c1-13-2-3-14(16-4-5-18(22(23)24)28-10-16)8-17(13)20-12-26-11-19(29-20)15-6-7-27-21(25)9-15/h2-12,22H,1H3,(H2,25,27). The van der Waals surface area contributed by atoms with Crippen molar-refractivity contribution in [1.82, 2.24) is 19.9 Å². The quantitative estimate of drug-likeness (QED) is 0.526. The summed E-state index contributed by atoms with van der Waals surface area (Å²) in [6.45, 7) is 1.98. The number of halogens is 2. The maximum atomic E-state index is 12.8. The first-order valence-electron chi connectivity index (χ1n) is 8.91. The van der Waals surface area contributed by atoms with Crippen LogP contribution in [0.25, 0.3) is 33.6 Å². The van der Waals surface area contributed by atoms with Gasteiger partial charge in [0.2, 0.25) is 0 Å². The zero-order valence-corrected chi connectivity index (χ0v) is 15.6. The molecule has 4 aromatic rings.